The minimum absolute atomic E-state index is 0.489. The molecule has 3 aromatic rings. The molecule has 2 heterocycles. The van der Waals surface area contributed by atoms with Crippen LogP contribution in [-0.2, 0) is 13.1 Å². The molecule has 0 aliphatic carbocycles. The summed E-state index contributed by atoms with van der Waals surface area (Å²) in [6.07, 6.45) is 4.09. The van der Waals surface area contributed by atoms with Crippen LogP contribution in [0.2, 0.25) is 0 Å². The van der Waals surface area contributed by atoms with Gasteiger partial charge in [-0.25, -0.2) is 0 Å². The molecule has 3 nitrogen and oxygen atoms in total. The average molecular weight is 279 g/mol. The van der Waals surface area contributed by atoms with Crippen LogP contribution in [0.4, 0.5) is 0 Å². The van der Waals surface area contributed by atoms with Crippen molar-refractivity contribution in [2.75, 3.05) is 0 Å². The Kier molecular flexibility index (Phi) is 4.02. The third kappa shape index (κ3) is 3.14. The number of hydrogen-bond acceptors (Lipinski definition) is 2. The molecule has 0 bridgehead atoms. The number of benzene rings is 1. The van der Waals surface area contributed by atoms with Gasteiger partial charge in [0.1, 0.15) is 0 Å². The number of pyridine rings is 1. The van der Waals surface area contributed by atoms with Crippen molar-refractivity contribution in [1.29, 1.82) is 0 Å². The molecule has 0 saturated carbocycles. The Morgan fingerprint density at radius 1 is 1.10 bits per heavy atom. The minimum Gasteiger partial charge on any atom is -0.341 e. The zero-order valence-corrected chi connectivity index (χ0v) is 12.6. The van der Waals surface area contributed by atoms with Crippen molar-refractivity contribution in [3.05, 3.63) is 66.1 Å². The number of aromatic nitrogens is 2. The Balaban J connectivity index is 1.95. The Bertz CT molecular complexity index is 714. The maximum absolute atomic E-state index is 4.43. The van der Waals surface area contributed by atoms with Crippen LogP contribution in [0.15, 0.2) is 54.9 Å². The van der Waals surface area contributed by atoms with E-state index < -0.39 is 0 Å². The van der Waals surface area contributed by atoms with E-state index in [9.17, 15) is 0 Å². The lowest BCUT2D eigenvalue weighted by atomic mass is 10.1. The topological polar surface area (TPSA) is 29.9 Å². The number of rotatable bonds is 5. The van der Waals surface area contributed by atoms with Crippen molar-refractivity contribution in [3.8, 4) is 0 Å². The van der Waals surface area contributed by atoms with Crippen LogP contribution in [0.1, 0.15) is 25.1 Å². The van der Waals surface area contributed by atoms with Crippen molar-refractivity contribution in [2.45, 2.75) is 33.0 Å². The van der Waals surface area contributed by atoms with Crippen molar-refractivity contribution in [2.24, 2.45) is 0 Å². The highest BCUT2D eigenvalue weighted by Gasteiger charge is 2.09. The summed E-state index contributed by atoms with van der Waals surface area (Å²) in [4.78, 5) is 4.43. The van der Waals surface area contributed by atoms with Crippen LogP contribution in [0, 0.1) is 0 Å². The molecule has 21 heavy (non-hydrogen) atoms. The van der Waals surface area contributed by atoms with Gasteiger partial charge in [0, 0.05) is 35.9 Å². The molecule has 3 rings (SSSR count). The first-order valence-corrected chi connectivity index (χ1v) is 7.44. The molecule has 0 aliphatic rings. The standard InChI is InChI=1S/C18H21N3/c1-14(2)20-11-15-12-21(13-16-7-5-6-10-19-16)18-9-4-3-8-17(15)18/h3-10,12,14,20H,11,13H2,1-2H3. The van der Waals surface area contributed by atoms with Crippen molar-refractivity contribution < 1.29 is 0 Å². The number of fused-ring (bicyclic) bond motifs is 1. The molecule has 3 heteroatoms. The highest BCUT2D eigenvalue weighted by Crippen LogP contribution is 2.22. The van der Waals surface area contributed by atoms with Gasteiger partial charge in [-0.05, 0) is 23.8 Å². The molecule has 0 fully saturated rings. The average Bonchev–Trinajstić information content (AvgIpc) is 2.85. The summed E-state index contributed by atoms with van der Waals surface area (Å²) < 4.78 is 2.29. The van der Waals surface area contributed by atoms with E-state index >= 15 is 0 Å². The van der Waals surface area contributed by atoms with Crippen molar-refractivity contribution in [1.82, 2.24) is 14.9 Å². The second kappa shape index (κ2) is 6.10. The molecule has 0 spiro atoms. The lowest BCUT2D eigenvalue weighted by Gasteiger charge is -2.06. The minimum atomic E-state index is 0.489. The molecule has 0 saturated heterocycles. The zero-order valence-electron chi connectivity index (χ0n) is 12.6. The summed E-state index contributed by atoms with van der Waals surface area (Å²) in [5.41, 5.74) is 3.69. The first-order valence-electron chi connectivity index (χ1n) is 7.44. The summed E-state index contributed by atoms with van der Waals surface area (Å²) in [6, 6.07) is 15.1. The summed E-state index contributed by atoms with van der Waals surface area (Å²) in [7, 11) is 0. The van der Waals surface area contributed by atoms with Crippen LogP contribution in [0.5, 0.6) is 0 Å². The van der Waals surface area contributed by atoms with E-state index in [4.69, 9.17) is 0 Å². The Morgan fingerprint density at radius 2 is 1.90 bits per heavy atom. The van der Waals surface area contributed by atoms with E-state index in [1.54, 1.807) is 0 Å². The number of hydrogen-bond donors (Lipinski definition) is 1. The lowest BCUT2D eigenvalue weighted by molar-refractivity contribution is 0.589. The van der Waals surface area contributed by atoms with Gasteiger partial charge < -0.3 is 9.88 Å². The molecule has 1 N–H and O–H groups in total. The van der Waals surface area contributed by atoms with E-state index in [0.29, 0.717) is 6.04 Å². The first kappa shape index (κ1) is 13.8. The van der Waals surface area contributed by atoms with Gasteiger partial charge in [-0.2, -0.15) is 0 Å². The molecule has 1 aromatic carbocycles. The molecule has 0 radical (unpaired) electrons. The van der Waals surface area contributed by atoms with Gasteiger partial charge in [-0.15, -0.1) is 0 Å². The van der Waals surface area contributed by atoms with Crippen LogP contribution >= 0.6 is 0 Å². The molecule has 2 aromatic heterocycles. The van der Waals surface area contributed by atoms with E-state index in [1.165, 1.54) is 16.5 Å². The Hall–Kier alpha value is -2.13. The fourth-order valence-electron chi connectivity index (χ4n) is 2.57. The van der Waals surface area contributed by atoms with Crippen molar-refractivity contribution in [3.63, 3.8) is 0 Å². The van der Waals surface area contributed by atoms with Gasteiger partial charge in [0.2, 0.25) is 0 Å². The monoisotopic (exact) mass is 279 g/mol. The fourth-order valence-corrected chi connectivity index (χ4v) is 2.57. The second-order valence-corrected chi connectivity index (χ2v) is 5.66. The quantitative estimate of drug-likeness (QED) is 0.773. The SMILES string of the molecule is CC(C)NCc1cn(Cc2ccccn2)c2ccccc12. The smallest absolute Gasteiger partial charge is 0.0648 e. The predicted molar refractivity (Wildman–Crippen MR) is 87.3 cm³/mol. The molecular weight excluding hydrogens is 258 g/mol. The summed E-state index contributed by atoms with van der Waals surface area (Å²) in [5.74, 6) is 0. The van der Waals surface area contributed by atoms with E-state index in [0.717, 1.165) is 18.8 Å². The lowest BCUT2D eigenvalue weighted by Crippen LogP contribution is -2.21. The van der Waals surface area contributed by atoms with E-state index in [1.807, 2.05) is 18.3 Å². The normalized spacial score (nSPS) is 11.4. The van der Waals surface area contributed by atoms with Crippen LogP contribution in [0.3, 0.4) is 0 Å². The van der Waals surface area contributed by atoms with Gasteiger partial charge in [-0.1, -0.05) is 38.1 Å². The zero-order chi connectivity index (χ0) is 14.7. The fraction of sp³-hybridized carbons (Fsp3) is 0.278. The number of nitrogens with zero attached hydrogens (tertiary/aromatic N) is 2. The van der Waals surface area contributed by atoms with Crippen LogP contribution in [0.25, 0.3) is 10.9 Å². The number of para-hydroxylation sites is 1. The van der Waals surface area contributed by atoms with Crippen LogP contribution < -0.4 is 5.32 Å². The third-order valence-corrected chi connectivity index (χ3v) is 3.63. The highest BCUT2D eigenvalue weighted by molar-refractivity contribution is 5.84. The molecule has 108 valence electrons. The highest BCUT2D eigenvalue weighted by atomic mass is 15.0. The largest absolute Gasteiger partial charge is 0.341 e. The van der Waals surface area contributed by atoms with Gasteiger partial charge in [0.15, 0.2) is 0 Å². The van der Waals surface area contributed by atoms with Gasteiger partial charge in [-0.3, -0.25) is 4.98 Å². The van der Waals surface area contributed by atoms with Gasteiger partial charge >= 0.3 is 0 Å². The molecular formula is C18H21N3. The molecule has 0 unspecified atom stereocenters. The maximum Gasteiger partial charge on any atom is 0.0648 e. The third-order valence-electron chi connectivity index (χ3n) is 3.63. The number of nitrogens with one attached hydrogen (secondary N) is 1. The predicted octanol–water partition coefficient (Wildman–Crippen LogP) is 3.58. The van der Waals surface area contributed by atoms with Crippen LogP contribution in [-0.4, -0.2) is 15.6 Å². The van der Waals surface area contributed by atoms with Crippen molar-refractivity contribution >= 4 is 10.9 Å². The Labute approximate surface area is 125 Å². The maximum atomic E-state index is 4.43. The molecule has 0 aliphatic heterocycles. The summed E-state index contributed by atoms with van der Waals surface area (Å²) in [6.45, 7) is 6.05. The second-order valence-electron chi connectivity index (χ2n) is 5.66. The summed E-state index contributed by atoms with van der Waals surface area (Å²) in [5, 5.41) is 4.82. The summed E-state index contributed by atoms with van der Waals surface area (Å²) >= 11 is 0. The van der Waals surface area contributed by atoms with Gasteiger partial charge in [0.25, 0.3) is 0 Å². The van der Waals surface area contributed by atoms with Gasteiger partial charge in [0.05, 0.1) is 12.2 Å². The van der Waals surface area contributed by atoms with E-state index in [2.05, 4.69) is 65.2 Å². The van der Waals surface area contributed by atoms with E-state index in [-0.39, 0.29) is 0 Å². The molecule has 0 amide bonds. The first-order chi connectivity index (χ1) is 10.2. The molecule has 0 atom stereocenters. The Morgan fingerprint density at radius 3 is 2.67 bits per heavy atom.